The lowest BCUT2D eigenvalue weighted by Gasteiger charge is -2.24. The van der Waals surface area contributed by atoms with E-state index in [1.54, 1.807) is 0 Å². The highest BCUT2D eigenvalue weighted by Crippen LogP contribution is 2.18. The van der Waals surface area contributed by atoms with Crippen LogP contribution in [0.3, 0.4) is 0 Å². The third-order valence-corrected chi connectivity index (χ3v) is 10.9. The minimum Gasteiger partial charge on any atom is -0.462 e. The molecule has 0 spiro atoms. The lowest BCUT2D eigenvalue weighted by Crippen LogP contribution is -2.46. The second-order valence-electron chi connectivity index (χ2n) is 16.2. The monoisotopic (exact) mass is 738 g/mol. The molecule has 6 heteroatoms. The summed E-state index contributed by atoms with van der Waals surface area (Å²) in [5, 5.41) is 23.6. The summed E-state index contributed by atoms with van der Waals surface area (Å²) in [6, 6.07) is -0.690. The molecule has 0 aliphatic heterocycles. The SMILES string of the molecule is CCCCCCCCCCCCCCCCCCC(O)C(CO)NC(=O)CC(CCCCCCCCCC)OC(=O)CCCCCCCCCCC. The molecule has 0 fully saturated rings. The average molecular weight is 738 g/mol. The maximum absolute atomic E-state index is 13.1. The first-order valence-electron chi connectivity index (χ1n) is 23.3. The van der Waals surface area contributed by atoms with Crippen LogP contribution in [0, 0.1) is 0 Å². The van der Waals surface area contributed by atoms with Crippen LogP contribution in [0.1, 0.15) is 258 Å². The molecule has 0 rings (SSSR count). The maximum Gasteiger partial charge on any atom is 0.306 e. The molecule has 1 amide bonds. The Morgan fingerprint density at radius 3 is 1.17 bits per heavy atom. The van der Waals surface area contributed by atoms with Gasteiger partial charge in [0.15, 0.2) is 0 Å². The molecule has 0 heterocycles. The van der Waals surface area contributed by atoms with Crippen LogP contribution in [-0.4, -0.2) is 46.9 Å². The van der Waals surface area contributed by atoms with Crippen molar-refractivity contribution in [2.24, 2.45) is 0 Å². The number of unbranched alkanes of at least 4 members (excludes halogenated alkanes) is 30. The van der Waals surface area contributed by atoms with Crippen molar-refractivity contribution in [1.82, 2.24) is 5.32 Å². The molecule has 3 unspecified atom stereocenters. The van der Waals surface area contributed by atoms with Gasteiger partial charge in [-0.1, -0.05) is 220 Å². The van der Waals surface area contributed by atoms with Gasteiger partial charge < -0.3 is 20.3 Å². The predicted molar refractivity (Wildman–Crippen MR) is 223 cm³/mol. The second-order valence-corrected chi connectivity index (χ2v) is 16.2. The van der Waals surface area contributed by atoms with E-state index >= 15 is 0 Å². The maximum atomic E-state index is 13.1. The van der Waals surface area contributed by atoms with Crippen molar-refractivity contribution in [3.63, 3.8) is 0 Å². The third-order valence-electron chi connectivity index (χ3n) is 10.9. The van der Waals surface area contributed by atoms with Gasteiger partial charge in [-0.25, -0.2) is 0 Å². The minimum absolute atomic E-state index is 0.0856. The summed E-state index contributed by atoms with van der Waals surface area (Å²) in [5.41, 5.74) is 0. The zero-order chi connectivity index (χ0) is 38.2. The van der Waals surface area contributed by atoms with Gasteiger partial charge in [0.1, 0.15) is 6.10 Å². The Morgan fingerprint density at radius 1 is 0.481 bits per heavy atom. The largest absolute Gasteiger partial charge is 0.462 e. The van der Waals surface area contributed by atoms with Gasteiger partial charge in [0, 0.05) is 6.42 Å². The molecule has 0 aromatic heterocycles. The lowest BCUT2D eigenvalue weighted by molar-refractivity contribution is -0.151. The van der Waals surface area contributed by atoms with Crippen molar-refractivity contribution in [2.45, 2.75) is 277 Å². The molecule has 0 aromatic carbocycles. The Hall–Kier alpha value is -1.14. The molecule has 3 N–H and O–H groups in total. The Bertz CT molecular complexity index is 746. The van der Waals surface area contributed by atoms with Crippen LogP contribution in [0.4, 0.5) is 0 Å². The number of aliphatic hydroxyl groups is 2. The quantitative estimate of drug-likeness (QED) is 0.0428. The zero-order valence-corrected chi connectivity index (χ0v) is 35.2. The number of carbonyl (C=O) groups excluding carboxylic acids is 2. The van der Waals surface area contributed by atoms with E-state index in [0.29, 0.717) is 19.3 Å². The summed E-state index contributed by atoms with van der Waals surface area (Å²) in [4.78, 5) is 25.8. The normalized spacial score (nSPS) is 13.2. The fourth-order valence-corrected chi connectivity index (χ4v) is 7.37. The number of amides is 1. The number of ether oxygens (including phenoxy) is 1. The van der Waals surface area contributed by atoms with Gasteiger partial charge in [-0.3, -0.25) is 9.59 Å². The van der Waals surface area contributed by atoms with Gasteiger partial charge in [-0.05, 0) is 25.7 Å². The van der Waals surface area contributed by atoms with E-state index in [4.69, 9.17) is 4.74 Å². The molecule has 0 aromatic rings. The Kier molecular flexibility index (Phi) is 40.1. The Labute approximate surface area is 324 Å². The van der Waals surface area contributed by atoms with E-state index in [1.807, 2.05) is 0 Å². The highest BCUT2D eigenvalue weighted by Gasteiger charge is 2.24. The third kappa shape index (κ3) is 35.9. The zero-order valence-electron chi connectivity index (χ0n) is 35.2. The molecule has 310 valence electrons. The number of esters is 1. The van der Waals surface area contributed by atoms with E-state index < -0.39 is 18.2 Å². The van der Waals surface area contributed by atoms with Crippen LogP contribution in [0.2, 0.25) is 0 Å². The van der Waals surface area contributed by atoms with Gasteiger partial charge in [0.2, 0.25) is 5.91 Å². The van der Waals surface area contributed by atoms with E-state index in [0.717, 1.165) is 44.9 Å². The fraction of sp³-hybridized carbons (Fsp3) is 0.957. The molecule has 0 saturated heterocycles. The van der Waals surface area contributed by atoms with Crippen LogP contribution in [-0.2, 0) is 14.3 Å². The van der Waals surface area contributed by atoms with Crippen LogP contribution in [0.25, 0.3) is 0 Å². The number of aliphatic hydroxyl groups excluding tert-OH is 2. The van der Waals surface area contributed by atoms with Crippen molar-refractivity contribution >= 4 is 11.9 Å². The number of carbonyl (C=O) groups is 2. The molecular formula is C46H91NO5. The fourth-order valence-electron chi connectivity index (χ4n) is 7.37. The summed E-state index contributed by atoms with van der Waals surface area (Å²) >= 11 is 0. The Balaban J connectivity index is 4.36. The van der Waals surface area contributed by atoms with Gasteiger partial charge in [-0.15, -0.1) is 0 Å². The highest BCUT2D eigenvalue weighted by atomic mass is 16.5. The summed E-state index contributed by atoms with van der Waals surface area (Å²) in [6.45, 7) is 6.45. The summed E-state index contributed by atoms with van der Waals surface area (Å²) in [6.07, 6.45) is 41.7. The molecule has 0 aliphatic rings. The smallest absolute Gasteiger partial charge is 0.306 e. The van der Waals surface area contributed by atoms with Crippen LogP contribution in [0.5, 0.6) is 0 Å². The molecule has 0 radical (unpaired) electrons. The number of nitrogens with one attached hydrogen (secondary N) is 1. The van der Waals surface area contributed by atoms with Gasteiger partial charge in [0.25, 0.3) is 0 Å². The van der Waals surface area contributed by atoms with Crippen molar-refractivity contribution < 1.29 is 24.5 Å². The topological polar surface area (TPSA) is 95.9 Å². The molecule has 52 heavy (non-hydrogen) atoms. The van der Waals surface area contributed by atoms with E-state index in [2.05, 4.69) is 26.1 Å². The highest BCUT2D eigenvalue weighted by molar-refractivity contribution is 5.77. The number of hydrogen-bond donors (Lipinski definition) is 3. The summed E-state index contributed by atoms with van der Waals surface area (Å²) < 4.78 is 5.87. The first-order valence-corrected chi connectivity index (χ1v) is 23.3. The minimum atomic E-state index is -0.777. The number of hydrogen-bond acceptors (Lipinski definition) is 5. The van der Waals surface area contributed by atoms with Crippen molar-refractivity contribution in [3.05, 3.63) is 0 Å². The van der Waals surface area contributed by atoms with E-state index in [9.17, 15) is 19.8 Å². The van der Waals surface area contributed by atoms with E-state index in [-0.39, 0.29) is 24.9 Å². The summed E-state index contributed by atoms with van der Waals surface area (Å²) in [7, 11) is 0. The van der Waals surface area contributed by atoms with Gasteiger partial charge >= 0.3 is 5.97 Å². The molecule has 3 atom stereocenters. The summed E-state index contributed by atoms with van der Waals surface area (Å²) in [5.74, 6) is -0.465. The lowest BCUT2D eigenvalue weighted by atomic mass is 10.0. The Morgan fingerprint density at radius 2 is 0.808 bits per heavy atom. The molecule has 0 aliphatic carbocycles. The van der Waals surface area contributed by atoms with E-state index in [1.165, 1.54) is 167 Å². The second kappa shape index (κ2) is 41.0. The number of rotatable bonds is 42. The van der Waals surface area contributed by atoms with Crippen LogP contribution >= 0.6 is 0 Å². The predicted octanol–water partition coefficient (Wildman–Crippen LogP) is 13.2. The van der Waals surface area contributed by atoms with Crippen molar-refractivity contribution in [2.75, 3.05) is 6.61 Å². The average Bonchev–Trinajstić information content (AvgIpc) is 3.13. The first kappa shape index (κ1) is 50.9. The van der Waals surface area contributed by atoms with Crippen LogP contribution < -0.4 is 5.32 Å². The van der Waals surface area contributed by atoms with Crippen LogP contribution in [0.15, 0.2) is 0 Å². The molecule has 0 saturated carbocycles. The van der Waals surface area contributed by atoms with Gasteiger partial charge in [-0.2, -0.15) is 0 Å². The standard InChI is InChI=1S/C46H91NO5/c1-4-7-10-13-16-19-20-21-22-23-24-25-27-29-32-35-38-44(49)43(41-48)47-45(50)40-42(37-34-31-28-18-15-12-9-6-3)52-46(51)39-36-33-30-26-17-14-11-8-5-2/h42-44,48-49H,4-41H2,1-3H3,(H,47,50). The van der Waals surface area contributed by atoms with Crippen molar-refractivity contribution in [3.8, 4) is 0 Å². The first-order chi connectivity index (χ1) is 25.5. The molecule has 6 nitrogen and oxygen atoms in total. The van der Waals surface area contributed by atoms with Gasteiger partial charge in [0.05, 0.1) is 25.2 Å². The molecule has 0 bridgehead atoms. The molecular weight excluding hydrogens is 647 g/mol. The van der Waals surface area contributed by atoms with Crippen molar-refractivity contribution in [1.29, 1.82) is 0 Å².